The van der Waals surface area contributed by atoms with Crippen LogP contribution in [0.2, 0.25) is 0 Å². The molecule has 110 valence electrons. The monoisotopic (exact) mass is 299 g/mol. The van der Waals surface area contributed by atoms with E-state index in [4.69, 9.17) is 15.5 Å². The second kappa shape index (κ2) is 5.12. The highest BCUT2D eigenvalue weighted by Gasteiger charge is 2.40. The molecule has 2 N–H and O–H groups in total. The lowest BCUT2D eigenvalue weighted by Gasteiger charge is -2.36. The first kappa shape index (κ1) is 14.9. The zero-order valence-corrected chi connectivity index (χ0v) is 12.2. The Morgan fingerprint density at radius 1 is 1.50 bits per heavy atom. The van der Waals surface area contributed by atoms with E-state index in [-0.39, 0.29) is 13.1 Å². The van der Waals surface area contributed by atoms with Gasteiger partial charge in [0.05, 0.1) is 11.6 Å². The number of aryl methyl sites for hydroxylation is 1. The first-order valence-corrected chi connectivity index (χ1v) is 7.78. The molecule has 0 saturated carbocycles. The Bertz CT molecular complexity index is 625. The SMILES string of the molecule is Cc1nc(C2(N)CCN(S(=O)(=O)C(C)C#N)CC2)no1. The number of nitriles is 1. The Kier molecular flexibility index (Phi) is 3.82. The van der Waals surface area contributed by atoms with Gasteiger partial charge in [0.2, 0.25) is 15.9 Å². The summed E-state index contributed by atoms with van der Waals surface area (Å²) < 4.78 is 30.4. The molecule has 1 unspecified atom stereocenters. The Balaban J connectivity index is 2.12. The maximum Gasteiger partial charge on any atom is 0.230 e. The second-order valence-corrected chi connectivity index (χ2v) is 7.26. The molecule has 2 rings (SSSR count). The van der Waals surface area contributed by atoms with Crippen LogP contribution in [-0.2, 0) is 15.6 Å². The third-order valence-electron chi connectivity index (χ3n) is 3.58. The van der Waals surface area contributed by atoms with Gasteiger partial charge in [0.15, 0.2) is 11.1 Å². The maximum atomic E-state index is 12.1. The number of aromatic nitrogens is 2. The van der Waals surface area contributed by atoms with Crippen molar-refractivity contribution in [1.82, 2.24) is 14.4 Å². The fourth-order valence-electron chi connectivity index (χ4n) is 2.16. The summed E-state index contributed by atoms with van der Waals surface area (Å²) in [7, 11) is -3.59. The lowest BCUT2D eigenvalue weighted by molar-refractivity contribution is 0.222. The van der Waals surface area contributed by atoms with E-state index in [0.29, 0.717) is 24.6 Å². The van der Waals surface area contributed by atoms with Gasteiger partial charge in [-0.25, -0.2) is 12.7 Å². The molecule has 0 spiro atoms. The molecular formula is C11H17N5O3S. The van der Waals surface area contributed by atoms with Gasteiger partial charge in [-0.05, 0) is 19.8 Å². The largest absolute Gasteiger partial charge is 0.340 e. The number of piperidine rings is 1. The lowest BCUT2D eigenvalue weighted by atomic mass is 9.89. The molecule has 1 aromatic heterocycles. The normalized spacial score (nSPS) is 21.3. The number of sulfonamides is 1. The molecule has 0 aromatic carbocycles. The summed E-state index contributed by atoms with van der Waals surface area (Å²) in [6.07, 6.45) is 0.784. The van der Waals surface area contributed by atoms with E-state index in [9.17, 15) is 8.42 Å². The van der Waals surface area contributed by atoms with Crippen molar-refractivity contribution in [3.63, 3.8) is 0 Å². The minimum absolute atomic E-state index is 0.248. The molecule has 0 aliphatic carbocycles. The van der Waals surface area contributed by atoms with Gasteiger partial charge in [0.25, 0.3) is 0 Å². The number of nitrogens with zero attached hydrogens (tertiary/aromatic N) is 4. The molecule has 1 aromatic rings. The van der Waals surface area contributed by atoms with Crippen molar-refractivity contribution >= 4 is 10.0 Å². The van der Waals surface area contributed by atoms with Gasteiger partial charge < -0.3 is 10.3 Å². The Morgan fingerprint density at radius 2 is 2.10 bits per heavy atom. The van der Waals surface area contributed by atoms with E-state index < -0.39 is 20.8 Å². The van der Waals surface area contributed by atoms with Gasteiger partial charge in [-0.3, -0.25) is 0 Å². The van der Waals surface area contributed by atoms with Crippen LogP contribution in [0.4, 0.5) is 0 Å². The zero-order chi connectivity index (χ0) is 15.0. The first-order chi connectivity index (χ1) is 9.29. The highest BCUT2D eigenvalue weighted by Crippen LogP contribution is 2.30. The summed E-state index contributed by atoms with van der Waals surface area (Å²) in [6.45, 7) is 3.55. The average Bonchev–Trinajstić information content (AvgIpc) is 2.85. The van der Waals surface area contributed by atoms with E-state index in [1.165, 1.54) is 11.2 Å². The zero-order valence-electron chi connectivity index (χ0n) is 11.4. The first-order valence-electron chi connectivity index (χ1n) is 6.28. The number of nitrogens with two attached hydrogens (primary N) is 1. The molecule has 20 heavy (non-hydrogen) atoms. The van der Waals surface area contributed by atoms with E-state index in [2.05, 4.69) is 10.1 Å². The maximum absolute atomic E-state index is 12.1. The highest BCUT2D eigenvalue weighted by atomic mass is 32.2. The highest BCUT2D eigenvalue weighted by molar-refractivity contribution is 7.89. The standard InChI is InChI=1S/C11H17N5O3S/c1-8(7-12)20(17,18)16-5-3-11(13,4-6-16)10-14-9(2)19-15-10/h8H,3-6,13H2,1-2H3. The van der Waals surface area contributed by atoms with Crippen LogP contribution in [0.15, 0.2) is 4.52 Å². The van der Waals surface area contributed by atoms with E-state index in [0.717, 1.165) is 0 Å². The molecule has 1 aliphatic heterocycles. The number of hydrogen-bond acceptors (Lipinski definition) is 7. The van der Waals surface area contributed by atoms with Gasteiger partial charge in [-0.2, -0.15) is 10.2 Å². The van der Waals surface area contributed by atoms with Crippen LogP contribution >= 0.6 is 0 Å². The van der Waals surface area contributed by atoms with Crippen LogP contribution in [0.3, 0.4) is 0 Å². The summed E-state index contributed by atoms with van der Waals surface area (Å²) in [5.74, 6) is 0.832. The molecule has 0 bridgehead atoms. The Hall–Kier alpha value is -1.50. The Labute approximate surface area is 117 Å². The molecule has 2 heterocycles. The van der Waals surface area contributed by atoms with Crippen molar-refractivity contribution in [3.8, 4) is 6.07 Å². The van der Waals surface area contributed by atoms with Gasteiger partial charge in [-0.15, -0.1) is 0 Å². The van der Waals surface area contributed by atoms with Crippen LogP contribution < -0.4 is 5.73 Å². The van der Waals surface area contributed by atoms with Crippen molar-refractivity contribution in [2.45, 2.75) is 37.5 Å². The van der Waals surface area contributed by atoms with Gasteiger partial charge in [0, 0.05) is 20.0 Å². The van der Waals surface area contributed by atoms with Gasteiger partial charge in [-0.1, -0.05) is 5.16 Å². The molecule has 1 fully saturated rings. The molecule has 0 amide bonds. The third kappa shape index (κ3) is 2.54. The van der Waals surface area contributed by atoms with Crippen LogP contribution in [0.1, 0.15) is 31.5 Å². The fraction of sp³-hybridized carbons (Fsp3) is 0.727. The van der Waals surface area contributed by atoms with Gasteiger partial charge >= 0.3 is 0 Å². The molecular weight excluding hydrogens is 282 g/mol. The van der Waals surface area contributed by atoms with E-state index in [1.807, 2.05) is 0 Å². The van der Waals surface area contributed by atoms with Crippen molar-refractivity contribution in [3.05, 3.63) is 11.7 Å². The van der Waals surface area contributed by atoms with Crippen molar-refractivity contribution in [1.29, 1.82) is 5.26 Å². The third-order valence-corrected chi connectivity index (χ3v) is 5.66. The topological polar surface area (TPSA) is 126 Å². The van der Waals surface area contributed by atoms with Crippen molar-refractivity contribution in [2.24, 2.45) is 5.73 Å². The molecule has 1 saturated heterocycles. The van der Waals surface area contributed by atoms with Crippen LogP contribution in [0.25, 0.3) is 0 Å². The fourth-order valence-corrected chi connectivity index (χ4v) is 3.43. The summed E-state index contributed by atoms with van der Waals surface area (Å²) >= 11 is 0. The van der Waals surface area contributed by atoms with Gasteiger partial charge in [0.1, 0.15) is 0 Å². The van der Waals surface area contributed by atoms with Crippen LogP contribution in [0.5, 0.6) is 0 Å². The predicted octanol–water partition coefficient (Wildman–Crippen LogP) is -0.130. The van der Waals surface area contributed by atoms with Crippen LogP contribution in [-0.4, -0.2) is 41.2 Å². The quantitative estimate of drug-likeness (QED) is 0.823. The van der Waals surface area contributed by atoms with E-state index in [1.54, 1.807) is 13.0 Å². The molecule has 1 atom stereocenters. The van der Waals surface area contributed by atoms with Crippen LogP contribution in [0, 0.1) is 18.3 Å². The number of rotatable bonds is 3. The Morgan fingerprint density at radius 3 is 2.55 bits per heavy atom. The predicted molar refractivity (Wildman–Crippen MR) is 69.7 cm³/mol. The minimum Gasteiger partial charge on any atom is -0.340 e. The summed E-state index contributed by atoms with van der Waals surface area (Å²) in [5, 5.41) is 11.5. The molecule has 1 aliphatic rings. The van der Waals surface area contributed by atoms with Crippen molar-refractivity contribution in [2.75, 3.05) is 13.1 Å². The second-order valence-electron chi connectivity index (χ2n) is 5.01. The van der Waals surface area contributed by atoms with Crippen molar-refractivity contribution < 1.29 is 12.9 Å². The lowest BCUT2D eigenvalue weighted by Crippen LogP contribution is -2.51. The average molecular weight is 299 g/mol. The minimum atomic E-state index is -3.59. The summed E-state index contributed by atoms with van der Waals surface area (Å²) in [5.41, 5.74) is 5.46. The molecule has 0 radical (unpaired) electrons. The number of hydrogen-bond donors (Lipinski definition) is 1. The smallest absolute Gasteiger partial charge is 0.230 e. The molecule has 9 heteroatoms. The summed E-state index contributed by atoms with van der Waals surface area (Å²) in [4.78, 5) is 4.12. The molecule has 8 nitrogen and oxygen atoms in total. The van der Waals surface area contributed by atoms with E-state index >= 15 is 0 Å². The summed E-state index contributed by atoms with van der Waals surface area (Å²) in [6, 6.07) is 1.76.